The summed E-state index contributed by atoms with van der Waals surface area (Å²) in [5, 5.41) is 0. The zero-order valence-corrected chi connectivity index (χ0v) is 10.7. The number of nitrogens with zero attached hydrogens (tertiary/aromatic N) is 1. The second-order valence-electron chi connectivity index (χ2n) is 4.26. The Balaban J connectivity index is 2.21. The number of amides is 2. The molecule has 0 saturated carbocycles. The third-order valence-electron chi connectivity index (χ3n) is 2.85. The van der Waals surface area contributed by atoms with Gasteiger partial charge in [0.15, 0.2) is 0 Å². The van der Waals surface area contributed by atoms with Gasteiger partial charge < -0.3 is 4.74 Å². The van der Waals surface area contributed by atoms with Crippen molar-refractivity contribution in [3.8, 4) is 0 Å². The number of imide groups is 1. The lowest BCUT2D eigenvalue weighted by Gasteiger charge is -2.13. The lowest BCUT2D eigenvalue weighted by Crippen LogP contribution is -2.31. The smallest absolute Gasteiger partial charge is 0.330 e. The Kier molecular flexibility index (Phi) is 3.46. The van der Waals surface area contributed by atoms with Gasteiger partial charge in [0.05, 0.1) is 24.8 Å². The number of benzene rings is 1. The minimum atomic E-state index is -0.505. The summed E-state index contributed by atoms with van der Waals surface area (Å²) in [6, 6.07) is 6.67. The highest BCUT2D eigenvalue weighted by Crippen LogP contribution is 2.23. The largest absolute Gasteiger partial charge is 0.466 e. The third kappa shape index (κ3) is 2.40. The first-order valence-electron chi connectivity index (χ1n) is 5.75. The molecule has 0 atom stereocenters. The maximum Gasteiger partial charge on any atom is 0.330 e. The molecule has 2 rings (SSSR count). The molecule has 0 N–H and O–H groups in total. The quantitative estimate of drug-likeness (QED) is 0.467. The predicted octanol–water partition coefficient (Wildman–Crippen LogP) is 1.40. The van der Waals surface area contributed by atoms with Crippen molar-refractivity contribution in [2.45, 2.75) is 6.92 Å². The van der Waals surface area contributed by atoms with E-state index in [9.17, 15) is 14.4 Å². The summed E-state index contributed by atoms with van der Waals surface area (Å²) in [4.78, 5) is 36.3. The molecular formula is C14H13NO4. The zero-order chi connectivity index (χ0) is 14.0. The van der Waals surface area contributed by atoms with Gasteiger partial charge in [0.1, 0.15) is 0 Å². The molecule has 2 amide bonds. The van der Waals surface area contributed by atoms with E-state index in [1.165, 1.54) is 13.2 Å². The van der Waals surface area contributed by atoms with E-state index in [-0.39, 0.29) is 18.4 Å². The van der Waals surface area contributed by atoms with Crippen LogP contribution in [0.2, 0.25) is 0 Å². The average Bonchev–Trinajstić information content (AvgIpc) is 2.64. The van der Waals surface area contributed by atoms with Crippen molar-refractivity contribution in [3.63, 3.8) is 0 Å². The summed E-state index contributed by atoms with van der Waals surface area (Å²) in [5.41, 5.74) is 1.39. The van der Waals surface area contributed by atoms with Crippen LogP contribution in [0.1, 0.15) is 27.6 Å². The Morgan fingerprint density at radius 1 is 1.21 bits per heavy atom. The molecule has 5 nitrogen and oxygen atoms in total. The van der Waals surface area contributed by atoms with Gasteiger partial charge in [-0.05, 0) is 24.6 Å². The number of hydrogen-bond acceptors (Lipinski definition) is 4. The van der Waals surface area contributed by atoms with Crippen LogP contribution in [0.3, 0.4) is 0 Å². The molecule has 0 saturated heterocycles. The second-order valence-corrected chi connectivity index (χ2v) is 4.26. The molecule has 19 heavy (non-hydrogen) atoms. The van der Waals surface area contributed by atoms with Crippen molar-refractivity contribution in [1.82, 2.24) is 4.90 Å². The molecule has 1 heterocycles. The summed E-state index contributed by atoms with van der Waals surface area (Å²) in [6.07, 6.45) is 1.27. The van der Waals surface area contributed by atoms with Crippen LogP contribution in [0.15, 0.2) is 35.9 Å². The minimum absolute atomic E-state index is 0.0848. The maximum absolute atomic E-state index is 12.1. The first kappa shape index (κ1) is 13.0. The molecule has 1 aromatic carbocycles. The van der Waals surface area contributed by atoms with Gasteiger partial charge in [-0.1, -0.05) is 12.1 Å². The van der Waals surface area contributed by atoms with Crippen molar-refractivity contribution >= 4 is 17.8 Å². The van der Waals surface area contributed by atoms with Crippen LogP contribution in [0.4, 0.5) is 0 Å². The van der Waals surface area contributed by atoms with Crippen molar-refractivity contribution in [2.75, 3.05) is 13.7 Å². The molecule has 1 aliphatic rings. The molecule has 0 fully saturated rings. The molecule has 0 spiro atoms. The molecule has 0 aromatic heterocycles. The summed E-state index contributed by atoms with van der Waals surface area (Å²) in [7, 11) is 1.27. The summed E-state index contributed by atoms with van der Waals surface area (Å²) in [6.45, 7) is 1.75. The first-order valence-corrected chi connectivity index (χ1v) is 5.75. The number of carbonyl (C=O) groups is 3. The number of rotatable bonds is 3. The SMILES string of the molecule is COC(=O)/C=C(\C)CN1C(=O)c2ccccc2C1=O. The van der Waals surface area contributed by atoms with Gasteiger partial charge in [-0.25, -0.2) is 4.79 Å². The Bertz CT molecular complexity index is 554. The van der Waals surface area contributed by atoms with Crippen molar-refractivity contribution < 1.29 is 19.1 Å². The molecule has 5 heteroatoms. The van der Waals surface area contributed by atoms with Gasteiger partial charge in [0.2, 0.25) is 0 Å². The van der Waals surface area contributed by atoms with Gasteiger partial charge in [-0.15, -0.1) is 0 Å². The molecule has 98 valence electrons. The Morgan fingerprint density at radius 2 is 1.74 bits per heavy atom. The highest BCUT2D eigenvalue weighted by molar-refractivity contribution is 6.21. The van der Waals surface area contributed by atoms with E-state index in [0.717, 1.165) is 4.90 Å². The van der Waals surface area contributed by atoms with Crippen molar-refractivity contribution in [3.05, 3.63) is 47.0 Å². The van der Waals surface area contributed by atoms with E-state index in [4.69, 9.17) is 0 Å². The van der Waals surface area contributed by atoms with Crippen LogP contribution in [0, 0.1) is 0 Å². The predicted molar refractivity (Wildman–Crippen MR) is 67.6 cm³/mol. The van der Waals surface area contributed by atoms with Gasteiger partial charge >= 0.3 is 5.97 Å². The van der Waals surface area contributed by atoms with Crippen LogP contribution in [-0.4, -0.2) is 36.3 Å². The monoisotopic (exact) mass is 259 g/mol. The number of ether oxygens (including phenoxy) is 1. The minimum Gasteiger partial charge on any atom is -0.466 e. The van der Waals surface area contributed by atoms with Crippen LogP contribution < -0.4 is 0 Å². The highest BCUT2D eigenvalue weighted by Gasteiger charge is 2.34. The van der Waals surface area contributed by atoms with E-state index < -0.39 is 5.97 Å². The average molecular weight is 259 g/mol. The van der Waals surface area contributed by atoms with Crippen LogP contribution in [-0.2, 0) is 9.53 Å². The Labute approximate surface area is 110 Å². The molecule has 0 unspecified atom stereocenters. The number of fused-ring (bicyclic) bond motifs is 1. The fraction of sp³-hybridized carbons (Fsp3) is 0.214. The van der Waals surface area contributed by atoms with Crippen LogP contribution in [0.5, 0.6) is 0 Å². The first-order chi connectivity index (χ1) is 9.04. The molecule has 1 aromatic rings. The molecule has 1 aliphatic heterocycles. The number of methoxy groups -OCH3 is 1. The Morgan fingerprint density at radius 3 is 2.21 bits per heavy atom. The van der Waals surface area contributed by atoms with Crippen molar-refractivity contribution in [2.24, 2.45) is 0 Å². The lowest BCUT2D eigenvalue weighted by molar-refractivity contribution is -0.134. The summed E-state index contributed by atoms with van der Waals surface area (Å²) >= 11 is 0. The van der Waals surface area contributed by atoms with Crippen LogP contribution >= 0.6 is 0 Å². The maximum atomic E-state index is 12.1. The highest BCUT2D eigenvalue weighted by atomic mass is 16.5. The van der Waals surface area contributed by atoms with E-state index >= 15 is 0 Å². The van der Waals surface area contributed by atoms with Gasteiger partial charge in [-0.2, -0.15) is 0 Å². The fourth-order valence-corrected chi connectivity index (χ4v) is 1.94. The van der Waals surface area contributed by atoms with E-state index in [1.54, 1.807) is 31.2 Å². The van der Waals surface area contributed by atoms with Gasteiger partial charge in [0, 0.05) is 6.08 Å². The normalized spacial score (nSPS) is 14.6. The number of esters is 1. The standard InChI is InChI=1S/C14H13NO4/c1-9(7-12(16)19-2)8-15-13(17)10-5-3-4-6-11(10)14(15)18/h3-7H,8H2,1-2H3/b9-7+. The second kappa shape index (κ2) is 5.06. The topological polar surface area (TPSA) is 63.7 Å². The number of carbonyl (C=O) groups excluding carboxylic acids is 3. The van der Waals surface area contributed by atoms with E-state index in [2.05, 4.69) is 4.74 Å². The fourth-order valence-electron chi connectivity index (χ4n) is 1.94. The van der Waals surface area contributed by atoms with E-state index in [1.807, 2.05) is 0 Å². The van der Waals surface area contributed by atoms with E-state index in [0.29, 0.717) is 16.7 Å². The molecule has 0 radical (unpaired) electrons. The third-order valence-corrected chi connectivity index (χ3v) is 2.85. The number of hydrogen-bond donors (Lipinski definition) is 0. The van der Waals surface area contributed by atoms with Gasteiger partial charge in [-0.3, -0.25) is 14.5 Å². The lowest BCUT2D eigenvalue weighted by atomic mass is 10.1. The van der Waals surface area contributed by atoms with Crippen molar-refractivity contribution in [1.29, 1.82) is 0 Å². The van der Waals surface area contributed by atoms with Gasteiger partial charge in [0.25, 0.3) is 11.8 Å². The Hall–Kier alpha value is -2.43. The molecule has 0 aliphatic carbocycles. The molecule has 0 bridgehead atoms. The summed E-state index contributed by atoms with van der Waals surface area (Å²) in [5.74, 6) is -1.18. The van der Waals surface area contributed by atoms with Crippen LogP contribution in [0.25, 0.3) is 0 Å². The molecular weight excluding hydrogens is 246 g/mol. The summed E-state index contributed by atoms with van der Waals surface area (Å²) < 4.78 is 4.50. The zero-order valence-electron chi connectivity index (χ0n) is 10.7.